The Morgan fingerprint density at radius 3 is 1.57 bits per heavy atom. The molecule has 5 aromatic carbocycles. The molecular formula is C42H27N4-. The van der Waals surface area contributed by atoms with Crippen molar-refractivity contribution in [3.8, 4) is 33.8 Å². The van der Waals surface area contributed by atoms with E-state index in [1.807, 2.05) is 36.4 Å². The van der Waals surface area contributed by atoms with Gasteiger partial charge in [-0.3, -0.25) is 0 Å². The maximum atomic E-state index is 5.26. The van der Waals surface area contributed by atoms with E-state index in [0.29, 0.717) is 0 Å². The zero-order valence-corrected chi connectivity index (χ0v) is 24.9. The first-order valence-electron chi connectivity index (χ1n) is 15.5. The monoisotopic (exact) mass is 587 g/mol. The molecule has 0 fully saturated rings. The lowest BCUT2D eigenvalue weighted by Crippen LogP contribution is -1.99. The lowest BCUT2D eigenvalue weighted by atomic mass is 9.96. The van der Waals surface area contributed by atoms with E-state index in [1.165, 1.54) is 0 Å². The molecule has 0 saturated carbocycles. The van der Waals surface area contributed by atoms with Crippen LogP contribution in [0.3, 0.4) is 0 Å². The van der Waals surface area contributed by atoms with Gasteiger partial charge in [0.15, 0.2) is 0 Å². The molecule has 1 unspecified atom stereocenters. The van der Waals surface area contributed by atoms with Gasteiger partial charge in [0.25, 0.3) is 0 Å². The fourth-order valence-corrected chi connectivity index (χ4v) is 6.37. The lowest BCUT2D eigenvalue weighted by molar-refractivity contribution is 1.04. The summed E-state index contributed by atoms with van der Waals surface area (Å²) in [6.45, 7) is 0. The van der Waals surface area contributed by atoms with Crippen molar-refractivity contribution < 1.29 is 0 Å². The van der Waals surface area contributed by atoms with E-state index in [4.69, 9.17) is 20.3 Å². The van der Waals surface area contributed by atoms with Crippen molar-refractivity contribution >= 4 is 44.5 Å². The van der Waals surface area contributed by atoms with Crippen molar-refractivity contribution in [2.45, 2.75) is 6.04 Å². The maximum absolute atomic E-state index is 5.26. The molecule has 9 rings (SSSR count). The van der Waals surface area contributed by atoms with Crippen molar-refractivity contribution in [3.05, 3.63) is 168 Å². The van der Waals surface area contributed by atoms with Crippen LogP contribution in [0.25, 0.3) is 77.9 Å². The molecule has 0 N–H and O–H groups in total. The van der Waals surface area contributed by atoms with Crippen LogP contribution >= 0.6 is 0 Å². The van der Waals surface area contributed by atoms with E-state index in [0.717, 1.165) is 83.3 Å². The quantitative estimate of drug-likeness (QED) is 0.192. The largest absolute Gasteiger partial charge is 0.673 e. The molecule has 1 aliphatic rings. The molecule has 0 bridgehead atoms. The number of rotatable bonds is 4. The standard InChI is InChI=1S/C42H27N4/c1-3-8-27(9-4-1)35-22-18-29-14-16-31-20-24-37(45-41(31)39(29)43-35)33-12-7-13-34(26-33)38-25-21-32-17-15-30-19-23-36(28-10-5-2-6-11-28)44-40(30)42(32)46-38/h1-26,37H/q-1. The normalized spacial score (nSPS) is 14.0. The van der Waals surface area contributed by atoms with E-state index in [2.05, 4.69) is 121 Å². The van der Waals surface area contributed by atoms with Gasteiger partial charge in [0, 0.05) is 27.5 Å². The van der Waals surface area contributed by atoms with Gasteiger partial charge in [-0.2, -0.15) is 0 Å². The molecule has 1 aliphatic heterocycles. The van der Waals surface area contributed by atoms with E-state index in [9.17, 15) is 0 Å². The Labute approximate surface area is 266 Å². The van der Waals surface area contributed by atoms with Crippen LogP contribution in [0.5, 0.6) is 0 Å². The van der Waals surface area contributed by atoms with Gasteiger partial charge in [0.1, 0.15) is 0 Å². The second kappa shape index (κ2) is 10.8. The molecule has 4 nitrogen and oxygen atoms in total. The summed E-state index contributed by atoms with van der Waals surface area (Å²) >= 11 is 0. The lowest BCUT2D eigenvalue weighted by Gasteiger charge is -2.37. The molecule has 3 aromatic heterocycles. The zero-order valence-electron chi connectivity index (χ0n) is 24.9. The summed E-state index contributed by atoms with van der Waals surface area (Å²) in [6, 6.07) is 50.2. The van der Waals surface area contributed by atoms with Crippen LogP contribution in [0.4, 0.5) is 5.69 Å². The van der Waals surface area contributed by atoms with Crippen molar-refractivity contribution in [3.63, 3.8) is 0 Å². The molecule has 0 spiro atoms. The van der Waals surface area contributed by atoms with Gasteiger partial charge in [-0.25, -0.2) is 15.0 Å². The number of hydrogen-bond acceptors (Lipinski definition) is 3. The van der Waals surface area contributed by atoms with Crippen LogP contribution in [0.2, 0.25) is 0 Å². The molecule has 0 aliphatic carbocycles. The first-order chi connectivity index (χ1) is 22.8. The summed E-state index contributed by atoms with van der Waals surface area (Å²) in [6.07, 6.45) is 4.34. The highest BCUT2D eigenvalue weighted by Gasteiger charge is 2.13. The average molecular weight is 588 g/mol. The zero-order chi connectivity index (χ0) is 30.5. The topological polar surface area (TPSA) is 52.8 Å². The summed E-state index contributed by atoms with van der Waals surface area (Å²) in [5, 5.41) is 8.49. The number of nitrogens with zero attached hydrogens (tertiary/aromatic N) is 4. The maximum Gasteiger partial charge on any atom is 0.0972 e. The number of aromatic nitrogens is 3. The first kappa shape index (κ1) is 26.3. The fourth-order valence-electron chi connectivity index (χ4n) is 6.37. The Balaban J connectivity index is 1.09. The third-order valence-corrected chi connectivity index (χ3v) is 8.78. The van der Waals surface area contributed by atoms with Crippen LogP contribution in [-0.2, 0) is 0 Å². The number of hydrogen-bond donors (Lipinski definition) is 0. The summed E-state index contributed by atoms with van der Waals surface area (Å²) in [5.74, 6) is 0. The highest BCUT2D eigenvalue weighted by Crippen LogP contribution is 2.44. The van der Waals surface area contributed by atoms with E-state index < -0.39 is 0 Å². The molecule has 8 aromatic rings. The average Bonchev–Trinajstić information content (AvgIpc) is 3.14. The van der Waals surface area contributed by atoms with E-state index in [-0.39, 0.29) is 6.04 Å². The van der Waals surface area contributed by atoms with Gasteiger partial charge in [-0.15, -0.1) is 5.69 Å². The van der Waals surface area contributed by atoms with Gasteiger partial charge >= 0.3 is 0 Å². The highest BCUT2D eigenvalue weighted by molar-refractivity contribution is 6.04. The van der Waals surface area contributed by atoms with Crippen LogP contribution < -0.4 is 0 Å². The summed E-state index contributed by atoms with van der Waals surface area (Å²) < 4.78 is 0. The van der Waals surface area contributed by atoms with E-state index >= 15 is 0 Å². The Bertz CT molecular complexity index is 2450. The number of benzene rings is 5. The number of fused-ring (bicyclic) bond motifs is 6. The number of pyridine rings is 3. The molecule has 0 radical (unpaired) electrons. The summed E-state index contributed by atoms with van der Waals surface area (Å²) in [7, 11) is 0. The molecule has 1 atom stereocenters. The van der Waals surface area contributed by atoms with Crippen molar-refractivity contribution in [2.75, 3.05) is 0 Å². The molecule has 46 heavy (non-hydrogen) atoms. The Hall–Kier alpha value is -6.13. The van der Waals surface area contributed by atoms with Gasteiger partial charge in [-0.1, -0.05) is 151 Å². The van der Waals surface area contributed by atoms with Crippen LogP contribution in [0.15, 0.2) is 152 Å². The molecule has 4 heterocycles. The minimum absolute atomic E-state index is 0.128. The Kier molecular flexibility index (Phi) is 6.17. The molecular weight excluding hydrogens is 560 g/mol. The SMILES string of the molecule is C1=CC(c2cccc(-c3ccc4ccc5ccc(-c6ccccc6)nc5c4n3)c2)[N-]c2c1ccc1ccc(-c3ccccc3)nc21. The fraction of sp³-hybridized carbons (Fsp3) is 0.0238. The minimum Gasteiger partial charge on any atom is -0.673 e. The summed E-state index contributed by atoms with van der Waals surface area (Å²) in [5.41, 5.74) is 11.9. The third kappa shape index (κ3) is 4.59. The van der Waals surface area contributed by atoms with Crippen molar-refractivity contribution in [2.24, 2.45) is 0 Å². The molecule has 4 heteroatoms. The van der Waals surface area contributed by atoms with Crippen LogP contribution in [-0.4, -0.2) is 15.0 Å². The second-order valence-corrected chi connectivity index (χ2v) is 11.7. The van der Waals surface area contributed by atoms with E-state index in [1.54, 1.807) is 0 Å². The minimum atomic E-state index is -0.128. The van der Waals surface area contributed by atoms with Gasteiger partial charge in [0.2, 0.25) is 0 Å². The Morgan fingerprint density at radius 2 is 0.935 bits per heavy atom. The smallest absolute Gasteiger partial charge is 0.0972 e. The first-order valence-corrected chi connectivity index (χ1v) is 15.5. The van der Waals surface area contributed by atoms with Crippen LogP contribution in [0.1, 0.15) is 17.2 Å². The Morgan fingerprint density at radius 1 is 0.435 bits per heavy atom. The second-order valence-electron chi connectivity index (χ2n) is 11.7. The van der Waals surface area contributed by atoms with Gasteiger partial charge < -0.3 is 5.32 Å². The van der Waals surface area contributed by atoms with Gasteiger partial charge in [-0.05, 0) is 29.1 Å². The predicted molar refractivity (Wildman–Crippen MR) is 190 cm³/mol. The van der Waals surface area contributed by atoms with Gasteiger partial charge in [0.05, 0.1) is 33.6 Å². The summed E-state index contributed by atoms with van der Waals surface area (Å²) in [4.78, 5) is 15.4. The predicted octanol–water partition coefficient (Wildman–Crippen LogP) is 11.1. The van der Waals surface area contributed by atoms with Crippen LogP contribution in [0, 0.1) is 0 Å². The third-order valence-electron chi connectivity index (χ3n) is 8.78. The molecule has 0 saturated heterocycles. The molecule has 0 amide bonds. The van der Waals surface area contributed by atoms with Crippen molar-refractivity contribution in [1.29, 1.82) is 0 Å². The van der Waals surface area contributed by atoms with Crippen molar-refractivity contribution in [1.82, 2.24) is 15.0 Å². The molecule has 216 valence electrons. The highest BCUT2D eigenvalue weighted by atomic mass is 14.9.